The van der Waals surface area contributed by atoms with Crippen LogP contribution >= 0.6 is 23.4 Å². The van der Waals surface area contributed by atoms with Crippen molar-refractivity contribution >= 4 is 23.4 Å². The molecular formula is C10H10ClF4NS. The molecule has 0 spiro atoms. The third-order valence-corrected chi connectivity index (χ3v) is 2.92. The summed E-state index contributed by atoms with van der Waals surface area (Å²) in [6.45, 7) is 0.306. The van der Waals surface area contributed by atoms with E-state index in [1.807, 2.05) is 0 Å². The fourth-order valence-corrected chi connectivity index (χ4v) is 1.82. The van der Waals surface area contributed by atoms with Crippen LogP contribution in [0.1, 0.15) is 5.56 Å². The highest BCUT2D eigenvalue weighted by atomic mass is 35.5. The zero-order chi connectivity index (χ0) is 12.9. The molecule has 17 heavy (non-hydrogen) atoms. The van der Waals surface area contributed by atoms with Gasteiger partial charge in [0, 0.05) is 24.4 Å². The first-order valence-corrected chi connectivity index (χ1v) is 6.11. The van der Waals surface area contributed by atoms with Crippen molar-refractivity contribution in [3.63, 3.8) is 0 Å². The molecule has 1 aromatic rings. The van der Waals surface area contributed by atoms with Crippen LogP contribution in [0, 0.1) is 5.82 Å². The van der Waals surface area contributed by atoms with E-state index < -0.39 is 11.3 Å². The molecular weight excluding hydrogens is 278 g/mol. The Morgan fingerprint density at radius 3 is 2.65 bits per heavy atom. The van der Waals surface area contributed by atoms with Crippen molar-refractivity contribution in [1.82, 2.24) is 5.32 Å². The van der Waals surface area contributed by atoms with Gasteiger partial charge in [0.25, 0.3) is 0 Å². The average molecular weight is 288 g/mol. The summed E-state index contributed by atoms with van der Waals surface area (Å²) in [6.07, 6.45) is 0. The van der Waals surface area contributed by atoms with Crippen LogP contribution < -0.4 is 5.32 Å². The van der Waals surface area contributed by atoms with E-state index in [-0.39, 0.29) is 35.6 Å². The summed E-state index contributed by atoms with van der Waals surface area (Å²) in [6, 6.07) is 4.54. The Balaban J connectivity index is 2.29. The molecule has 1 aromatic carbocycles. The van der Waals surface area contributed by atoms with Crippen molar-refractivity contribution in [3.05, 3.63) is 34.6 Å². The van der Waals surface area contributed by atoms with E-state index in [9.17, 15) is 17.6 Å². The van der Waals surface area contributed by atoms with Crippen LogP contribution in [0.4, 0.5) is 17.6 Å². The van der Waals surface area contributed by atoms with Gasteiger partial charge in [0.05, 0.1) is 5.02 Å². The number of benzene rings is 1. The molecule has 0 saturated heterocycles. The van der Waals surface area contributed by atoms with Crippen LogP contribution in [0.15, 0.2) is 18.2 Å². The fourth-order valence-electron chi connectivity index (χ4n) is 1.15. The van der Waals surface area contributed by atoms with Gasteiger partial charge in [-0.05, 0) is 17.8 Å². The van der Waals surface area contributed by atoms with Crippen molar-refractivity contribution in [3.8, 4) is 0 Å². The molecule has 1 rings (SSSR count). The summed E-state index contributed by atoms with van der Waals surface area (Å²) in [5, 5.41) is 2.73. The van der Waals surface area contributed by atoms with Crippen LogP contribution in [0.3, 0.4) is 0 Å². The van der Waals surface area contributed by atoms with Crippen molar-refractivity contribution in [2.24, 2.45) is 0 Å². The van der Waals surface area contributed by atoms with Gasteiger partial charge in [0.2, 0.25) is 0 Å². The maximum absolute atomic E-state index is 13.3. The van der Waals surface area contributed by atoms with Crippen LogP contribution in [0.5, 0.6) is 0 Å². The molecule has 1 nitrogen and oxygen atoms in total. The van der Waals surface area contributed by atoms with E-state index in [4.69, 9.17) is 11.6 Å². The van der Waals surface area contributed by atoms with Gasteiger partial charge in [-0.1, -0.05) is 23.7 Å². The number of thioether (sulfide) groups is 1. The Morgan fingerprint density at radius 1 is 1.29 bits per heavy atom. The number of nitrogens with one attached hydrogen (secondary N) is 1. The van der Waals surface area contributed by atoms with Crippen LogP contribution in [-0.4, -0.2) is 17.8 Å². The van der Waals surface area contributed by atoms with E-state index in [1.54, 1.807) is 6.07 Å². The van der Waals surface area contributed by atoms with Gasteiger partial charge < -0.3 is 5.32 Å². The van der Waals surface area contributed by atoms with Crippen LogP contribution in [0.25, 0.3) is 0 Å². The number of rotatable bonds is 5. The molecule has 0 radical (unpaired) electrons. The third kappa shape index (κ3) is 5.61. The van der Waals surface area contributed by atoms with Crippen molar-refractivity contribution in [2.45, 2.75) is 12.1 Å². The van der Waals surface area contributed by atoms with Gasteiger partial charge in [-0.15, -0.1) is 0 Å². The van der Waals surface area contributed by atoms with Gasteiger partial charge >= 0.3 is 5.51 Å². The molecule has 0 fully saturated rings. The zero-order valence-corrected chi connectivity index (χ0v) is 10.2. The van der Waals surface area contributed by atoms with Gasteiger partial charge in [-0.25, -0.2) is 4.39 Å². The summed E-state index contributed by atoms with van der Waals surface area (Å²) >= 11 is 5.45. The minimum absolute atomic E-state index is 0.00830. The van der Waals surface area contributed by atoms with Gasteiger partial charge in [-0.3, -0.25) is 0 Å². The molecule has 7 heteroatoms. The van der Waals surface area contributed by atoms with E-state index >= 15 is 0 Å². The van der Waals surface area contributed by atoms with Gasteiger partial charge in [-0.2, -0.15) is 13.2 Å². The second-order valence-electron chi connectivity index (χ2n) is 3.18. The SMILES string of the molecule is Fc1c(Cl)cccc1CNCCSC(F)(F)F. The highest BCUT2D eigenvalue weighted by Gasteiger charge is 2.27. The molecule has 1 N–H and O–H groups in total. The molecule has 0 bridgehead atoms. The highest BCUT2D eigenvalue weighted by molar-refractivity contribution is 8.00. The standard InChI is InChI=1S/C10H10ClF4NS/c11-8-3-1-2-7(9(8)12)6-16-4-5-17-10(13,14)15/h1-3,16H,4-6H2. The second kappa shape index (κ2) is 6.47. The summed E-state index contributed by atoms with van der Waals surface area (Å²) in [7, 11) is 0. The number of hydrogen-bond acceptors (Lipinski definition) is 2. The minimum atomic E-state index is -4.22. The predicted octanol–water partition coefficient (Wildman–Crippen LogP) is 3.82. The molecule has 0 heterocycles. The summed E-state index contributed by atoms with van der Waals surface area (Å²) < 4.78 is 48.7. The third-order valence-electron chi connectivity index (χ3n) is 1.89. The second-order valence-corrected chi connectivity index (χ2v) is 4.75. The molecule has 0 aromatic heterocycles. The molecule has 0 aliphatic carbocycles. The normalized spacial score (nSPS) is 11.8. The number of halogens is 5. The Hall–Kier alpha value is -0.460. The monoisotopic (exact) mass is 287 g/mol. The Labute approximate surface area is 106 Å². The largest absolute Gasteiger partial charge is 0.441 e. The molecule has 0 unspecified atom stereocenters. The Bertz CT molecular complexity index is 370. The first-order chi connectivity index (χ1) is 7.90. The van der Waals surface area contributed by atoms with E-state index in [0.717, 1.165) is 0 Å². The predicted molar refractivity (Wildman–Crippen MR) is 61.6 cm³/mol. The molecule has 96 valence electrons. The summed E-state index contributed by atoms with van der Waals surface area (Å²) in [4.78, 5) is 0. The molecule has 0 atom stereocenters. The van der Waals surface area contributed by atoms with E-state index in [0.29, 0.717) is 5.56 Å². The van der Waals surface area contributed by atoms with Crippen molar-refractivity contribution in [1.29, 1.82) is 0 Å². The lowest BCUT2D eigenvalue weighted by Gasteiger charge is -2.08. The Morgan fingerprint density at radius 2 is 2.00 bits per heavy atom. The fraction of sp³-hybridized carbons (Fsp3) is 0.400. The first-order valence-electron chi connectivity index (χ1n) is 4.74. The number of alkyl halides is 3. The van der Waals surface area contributed by atoms with Crippen LogP contribution in [0.2, 0.25) is 5.02 Å². The zero-order valence-electron chi connectivity index (χ0n) is 8.65. The minimum Gasteiger partial charge on any atom is -0.312 e. The molecule has 0 aliphatic heterocycles. The quantitative estimate of drug-likeness (QED) is 0.653. The first kappa shape index (κ1) is 14.6. The lowest BCUT2D eigenvalue weighted by atomic mass is 10.2. The van der Waals surface area contributed by atoms with Crippen molar-refractivity contribution < 1.29 is 17.6 Å². The van der Waals surface area contributed by atoms with Crippen molar-refractivity contribution in [2.75, 3.05) is 12.3 Å². The van der Waals surface area contributed by atoms with E-state index in [1.165, 1.54) is 12.1 Å². The number of hydrogen-bond donors (Lipinski definition) is 1. The van der Waals surface area contributed by atoms with Gasteiger partial charge in [0.1, 0.15) is 5.82 Å². The summed E-state index contributed by atoms with van der Waals surface area (Å²) in [5.41, 5.74) is -3.88. The highest BCUT2D eigenvalue weighted by Crippen LogP contribution is 2.29. The average Bonchev–Trinajstić information content (AvgIpc) is 2.22. The molecule has 0 amide bonds. The van der Waals surface area contributed by atoms with Gasteiger partial charge in [0.15, 0.2) is 0 Å². The van der Waals surface area contributed by atoms with Crippen LogP contribution in [-0.2, 0) is 6.54 Å². The maximum Gasteiger partial charge on any atom is 0.441 e. The topological polar surface area (TPSA) is 12.0 Å². The molecule has 0 saturated carbocycles. The lowest BCUT2D eigenvalue weighted by Crippen LogP contribution is -2.19. The maximum atomic E-state index is 13.3. The summed E-state index contributed by atoms with van der Waals surface area (Å²) in [5.74, 6) is -0.642. The Kier molecular flexibility index (Phi) is 5.55. The lowest BCUT2D eigenvalue weighted by molar-refractivity contribution is -0.0327. The molecule has 0 aliphatic rings. The smallest absolute Gasteiger partial charge is 0.312 e. The van der Waals surface area contributed by atoms with E-state index in [2.05, 4.69) is 5.32 Å².